The Morgan fingerprint density at radius 2 is 1.91 bits per heavy atom. The molecular weight excluding hydrogens is 368 g/mol. The fraction of sp³-hybridized carbons (Fsp3) is 0.235. The van der Waals surface area contributed by atoms with E-state index in [-0.39, 0.29) is 12.5 Å². The minimum Gasteiger partial charge on any atom is -0.481 e. The van der Waals surface area contributed by atoms with Crippen molar-refractivity contribution in [1.29, 1.82) is 0 Å². The first-order valence-electron chi connectivity index (χ1n) is 6.85. The molecule has 0 aromatic heterocycles. The van der Waals surface area contributed by atoms with E-state index in [1.54, 1.807) is 24.3 Å². The van der Waals surface area contributed by atoms with Gasteiger partial charge in [0.05, 0.1) is 4.47 Å². The Morgan fingerprint density at radius 3 is 2.59 bits per heavy atom. The maximum atomic E-state index is 12.0. The first-order chi connectivity index (χ1) is 10.5. The maximum Gasteiger partial charge on any atom is 0.349 e. The lowest BCUT2D eigenvalue weighted by atomic mass is 10.0. The molecule has 0 amide bonds. The molecule has 0 saturated heterocycles. The molecule has 0 aliphatic rings. The molecule has 5 heteroatoms. The van der Waals surface area contributed by atoms with Crippen molar-refractivity contribution in [3.05, 3.63) is 57.5 Å². The molecule has 3 nitrogen and oxygen atoms in total. The number of ether oxygens (including phenoxy) is 2. The highest BCUT2D eigenvalue weighted by Gasteiger charge is 2.12. The van der Waals surface area contributed by atoms with Crippen LogP contribution < -0.4 is 9.47 Å². The van der Waals surface area contributed by atoms with Crippen molar-refractivity contribution in [1.82, 2.24) is 0 Å². The van der Waals surface area contributed by atoms with Gasteiger partial charge in [-0.05, 0) is 51.7 Å². The molecule has 2 rings (SSSR count). The van der Waals surface area contributed by atoms with Gasteiger partial charge in [0.2, 0.25) is 0 Å². The Morgan fingerprint density at radius 1 is 1.18 bits per heavy atom. The second-order valence-corrected chi connectivity index (χ2v) is 6.32. The zero-order valence-corrected chi connectivity index (χ0v) is 14.6. The number of para-hydroxylation sites is 1. The van der Waals surface area contributed by atoms with Gasteiger partial charge in [0.15, 0.2) is 6.61 Å². The van der Waals surface area contributed by atoms with Crippen LogP contribution in [-0.2, 0) is 4.79 Å². The minimum absolute atomic E-state index is 0.174. The Hall–Kier alpha value is -1.52. The van der Waals surface area contributed by atoms with E-state index in [4.69, 9.17) is 21.1 Å². The Balaban J connectivity index is 1.99. The Bertz CT molecular complexity index is 671. The van der Waals surface area contributed by atoms with Crippen molar-refractivity contribution in [2.45, 2.75) is 19.8 Å². The molecule has 2 aromatic rings. The normalized spacial score (nSPS) is 10.6. The van der Waals surface area contributed by atoms with Crippen molar-refractivity contribution in [2.75, 3.05) is 6.61 Å². The molecular formula is C17H16BrClO3. The number of rotatable bonds is 5. The van der Waals surface area contributed by atoms with Gasteiger partial charge in [-0.3, -0.25) is 0 Å². The third kappa shape index (κ3) is 4.49. The van der Waals surface area contributed by atoms with E-state index in [2.05, 4.69) is 15.9 Å². The van der Waals surface area contributed by atoms with Crippen molar-refractivity contribution >= 4 is 33.5 Å². The number of benzene rings is 2. The average Bonchev–Trinajstić information content (AvgIpc) is 2.46. The molecule has 0 unspecified atom stereocenters. The second-order valence-electron chi connectivity index (χ2n) is 5.03. The molecule has 22 heavy (non-hydrogen) atoms. The standard InChI is InChI=1S/C17H16BrClO3/c1-11(2)13-5-3-4-6-15(13)22-17(20)10-21-16-8-7-12(19)9-14(16)18/h3-9,11H,10H2,1-2H3. The zero-order valence-electron chi connectivity index (χ0n) is 12.3. The molecule has 0 aliphatic carbocycles. The SMILES string of the molecule is CC(C)c1ccccc1OC(=O)COc1ccc(Cl)cc1Br. The Labute approximate surface area is 143 Å². The van der Waals surface area contributed by atoms with Crippen molar-refractivity contribution in [3.63, 3.8) is 0 Å². The molecule has 0 aliphatic heterocycles. The second kappa shape index (κ2) is 7.65. The molecule has 0 bridgehead atoms. The van der Waals surface area contributed by atoms with Crippen molar-refractivity contribution in [2.24, 2.45) is 0 Å². The van der Waals surface area contributed by atoms with E-state index in [0.717, 1.165) is 5.56 Å². The lowest BCUT2D eigenvalue weighted by Crippen LogP contribution is -2.18. The number of carbonyl (C=O) groups excluding carboxylic acids is 1. The van der Waals surface area contributed by atoms with Crippen LogP contribution in [-0.4, -0.2) is 12.6 Å². The number of halogens is 2. The predicted molar refractivity (Wildman–Crippen MR) is 90.8 cm³/mol. The van der Waals surface area contributed by atoms with Crippen LogP contribution in [0.2, 0.25) is 5.02 Å². The summed E-state index contributed by atoms with van der Waals surface area (Å²) < 4.78 is 11.5. The lowest BCUT2D eigenvalue weighted by Gasteiger charge is -2.13. The monoisotopic (exact) mass is 382 g/mol. The molecule has 0 atom stereocenters. The largest absolute Gasteiger partial charge is 0.481 e. The molecule has 0 N–H and O–H groups in total. The van der Waals surface area contributed by atoms with Crippen LogP contribution >= 0.6 is 27.5 Å². The van der Waals surface area contributed by atoms with Crippen LogP contribution in [0.4, 0.5) is 0 Å². The van der Waals surface area contributed by atoms with Crippen LogP contribution in [0, 0.1) is 0 Å². The summed E-state index contributed by atoms with van der Waals surface area (Å²) in [5.74, 6) is 0.935. The Kier molecular flexibility index (Phi) is 5.86. The smallest absolute Gasteiger partial charge is 0.349 e. The molecule has 116 valence electrons. The van der Waals surface area contributed by atoms with Crippen LogP contribution in [0.3, 0.4) is 0 Å². The first kappa shape index (κ1) is 16.8. The quantitative estimate of drug-likeness (QED) is 0.525. The van der Waals surface area contributed by atoms with E-state index in [9.17, 15) is 4.79 Å². The molecule has 0 fully saturated rings. The third-order valence-electron chi connectivity index (χ3n) is 3.00. The molecule has 0 saturated carbocycles. The maximum absolute atomic E-state index is 12.0. The topological polar surface area (TPSA) is 35.5 Å². The highest BCUT2D eigenvalue weighted by molar-refractivity contribution is 9.10. The lowest BCUT2D eigenvalue weighted by molar-refractivity contribution is -0.136. The van der Waals surface area contributed by atoms with Gasteiger partial charge in [-0.15, -0.1) is 0 Å². The first-order valence-corrected chi connectivity index (χ1v) is 8.02. The van der Waals surface area contributed by atoms with Crippen LogP contribution in [0.15, 0.2) is 46.9 Å². The van der Waals surface area contributed by atoms with Crippen LogP contribution in [0.25, 0.3) is 0 Å². The van der Waals surface area contributed by atoms with Gasteiger partial charge in [0, 0.05) is 5.02 Å². The highest BCUT2D eigenvalue weighted by Crippen LogP contribution is 2.28. The molecule has 2 aromatic carbocycles. The summed E-state index contributed by atoms with van der Waals surface area (Å²) in [6.45, 7) is 3.93. The summed E-state index contributed by atoms with van der Waals surface area (Å²) in [5.41, 5.74) is 0.989. The zero-order chi connectivity index (χ0) is 16.1. The number of hydrogen-bond donors (Lipinski definition) is 0. The number of carbonyl (C=O) groups is 1. The van der Waals surface area contributed by atoms with Gasteiger partial charge in [0.1, 0.15) is 11.5 Å². The molecule has 0 spiro atoms. The summed E-state index contributed by atoms with van der Waals surface area (Å²) in [4.78, 5) is 12.0. The van der Waals surface area contributed by atoms with E-state index in [0.29, 0.717) is 21.0 Å². The van der Waals surface area contributed by atoms with Gasteiger partial charge in [0.25, 0.3) is 0 Å². The number of esters is 1. The molecule has 0 radical (unpaired) electrons. The summed E-state index contributed by atoms with van der Waals surface area (Å²) in [6.07, 6.45) is 0. The molecule has 0 heterocycles. The number of hydrogen-bond acceptors (Lipinski definition) is 3. The summed E-state index contributed by atoms with van der Waals surface area (Å²) >= 11 is 9.19. The van der Waals surface area contributed by atoms with E-state index >= 15 is 0 Å². The van der Waals surface area contributed by atoms with Gasteiger partial charge in [-0.25, -0.2) is 4.79 Å². The van der Waals surface area contributed by atoms with E-state index in [1.165, 1.54) is 0 Å². The summed E-state index contributed by atoms with van der Waals surface area (Å²) in [7, 11) is 0. The van der Waals surface area contributed by atoms with E-state index < -0.39 is 5.97 Å². The fourth-order valence-electron chi connectivity index (χ4n) is 1.93. The summed E-state index contributed by atoms with van der Waals surface area (Å²) in [5, 5.41) is 0.590. The van der Waals surface area contributed by atoms with Gasteiger partial charge in [-0.1, -0.05) is 43.6 Å². The van der Waals surface area contributed by atoms with Crippen LogP contribution in [0.5, 0.6) is 11.5 Å². The fourth-order valence-corrected chi connectivity index (χ4v) is 2.73. The average molecular weight is 384 g/mol. The van der Waals surface area contributed by atoms with Crippen LogP contribution in [0.1, 0.15) is 25.3 Å². The third-order valence-corrected chi connectivity index (χ3v) is 3.86. The highest BCUT2D eigenvalue weighted by atomic mass is 79.9. The predicted octanol–water partition coefficient (Wildman–Crippen LogP) is 5.21. The van der Waals surface area contributed by atoms with Gasteiger partial charge in [-0.2, -0.15) is 0 Å². The van der Waals surface area contributed by atoms with Crippen molar-refractivity contribution in [3.8, 4) is 11.5 Å². The summed E-state index contributed by atoms with van der Waals surface area (Å²) in [6, 6.07) is 12.6. The van der Waals surface area contributed by atoms with E-state index in [1.807, 2.05) is 32.0 Å². The van der Waals surface area contributed by atoms with Gasteiger partial charge >= 0.3 is 5.97 Å². The van der Waals surface area contributed by atoms with Gasteiger partial charge < -0.3 is 9.47 Å². The van der Waals surface area contributed by atoms with Crippen molar-refractivity contribution < 1.29 is 14.3 Å². The minimum atomic E-state index is -0.449.